The van der Waals surface area contributed by atoms with E-state index in [-0.39, 0.29) is 24.1 Å². The highest BCUT2D eigenvalue weighted by Gasteiger charge is 2.49. The predicted molar refractivity (Wildman–Crippen MR) is 114 cm³/mol. The van der Waals surface area contributed by atoms with E-state index in [0.29, 0.717) is 28.9 Å². The largest absolute Gasteiger partial charge is 0.487 e. The summed E-state index contributed by atoms with van der Waals surface area (Å²) in [7, 11) is 0. The van der Waals surface area contributed by atoms with Crippen LogP contribution in [0.15, 0.2) is 24.8 Å². The van der Waals surface area contributed by atoms with Gasteiger partial charge in [0.1, 0.15) is 23.1 Å². The van der Waals surface area contributed by atoms with Crippen LogP contribution in [0.2, 0.25) is 0 Å². The van der Waals surface area contributed by atoms with Crippen molar-refractivity contribution in [1.82, 2.24) is 19.9 Å². The second kappa shape index (κ2) is 7.80. The highest BCUT2D eigenvalue weighted by molar-refractivity contribution is 5.83. The van der Waals surface area contributed by atoms with Crippen molar-refractivity contribution in [2.75, 3.05) is 6.54 Å². The second-order valence-corrected chi connectivity index (χ2v) is 9.87. The number of hydrogen-bond donors (Lipinski definition) is 0. The van der Waals surface area contributed by atoms with Crippen molar-refractivity contribution in [3.8, 4) is 17.6 Å². The van der Waals surface area contributed by atoms with Gasteiger partial charge in [0.05, 0.1) is 23.7 Å². The molecule has 2 atom stereocenters. The number of alkyl halides is 2. The van der Waals surface area contributed by atoms with Crippen molar-refractivity contribution in [3.05, 3.63) is 47.3 Å². The van der Waals surface area contributed by atoms with Crippen molar-refractivity contribution < 1.29 is 18.3 Å². The SMILES string of the molecule is CC(C)(C)c1ncc(C#Cc2cncc3c2O[C@H]2C[C@@H]3N(C(=O)C(C)(C)C(F)F)C2)cn1. The van der Waals surface area contributed by atoms with Gasteiger partial charge in [-0.25, -0.2) is 18.7 Å². The van der Waals surface area contributed by atoms with E-state index < -0.39 is 17.7 Å². The van der Waals surface area contributed by atoms with Gasteiger partial charge in [0, 0.05) is 42.2 Å². The van der Waals surface area contributed by atoms with Gasteiger partial charge in [-0.1, -0.05) is 32.6 Å². The van der Waals surface area contributed by atoms with Crippen LogP contribution >= 0.6 is 0 Å². The number of carbonyl (C=O) groups is 1. The fraction of sp³-hybridized carbons (Fsp3) is 0.500. The molecular formula is C24H26F2N4O2. The smallest absolute Gasteiger partial charge is 0.252 e. The van der Waals surface area contributed by atoms with Gasteiger partial charge in [-0.15, -0.1) is 0 Å². The van der Waals surface area contributed by atoms with E-state index in [1.807, 2.05) is 20.8 Å². The summed E-state index contributed by atoms with van der Waals surface area (Å²) in [5, 5.41) is 0. The van der Waals surface area contributed by atoms with Gasteiger partial charge in [0.15, 0.2) is 0 Å². The lowest BCUT2D eigenvalue weighted by Gasteiger charge is -2.32. The van der Waals surface area contributed by atoms with Gasteiger partial charge < -0.3 is 9.64 Å². The van der Waals surface area contributed by atoms with Crippen molar-refractivity contribution in [3.63, 3.8) is 0 Å². The van der Waals surface area contributed by atoms with Crippen LogP contribution in [-0.4, -0.2) is 44.8 Å². The van der Waals surface area contributed by atoms with Gasteiger partial charge in [-0.05, 0) is 13.8 Å². The minimum absolute atomic E-state index is 0.149. The van der Waals surface area contributed by atoms with E-state index in [4.69, 9.17) is 4.74 Å². The molecule has 0 aliphatic carbocycles. The van der Waals surface area contributed by atoms with E-state index in [2.05, 4.69) is 26.8 Å². The predicted octanol–water partition coefficient (Wildman–Crippen LogP) is 3.89. The average Bonchev–Trinajstić information content (AvgIpc) is 3.08. The number of likely N-dealkylation sites (tertiary alicyclic amines) is 1. The molecular weight excluding hydrogens is 414 g/mol. The topological polar surface area (TPSA) is 68.2 Å². The van der Waals surface area contributed by atoms with Crippen LogP contribution < -0.4 is 4.74 Å². The lowest BCUT2D eigenvalue weighted by molar-refractivity contribution is -0.149. The maximum absolute atomic E-state index is 13.5. The van der Waals surface area contributed by atoms with Crippen LogP contribution in [0.3, 0.4) is 0 Å². The Morgan fingerprint density at radius 3 is 2.44 bits per heavy atom. The summed E-state index contributed by atoms with van der Waals surface area (Å²) >= 11 is 0. The second-order valence-electron chi connectivity index (χ2n) is 9.87. The Hall–Kier alpha value is -3.08. The first-order valence-electron chi connectivity index (χ1n) is 10.6. The normalized spacial score (nSPS) is 19.8. The highest BCUT2D eigenvalue weighted by atomic mass is 19.3. The van der Waals surface area contributed by atoms with Gasteiger partial charge in [0.2, 0.25) is 5.91 Å². The van der Waals surface area contributed by atoms with Gasteiger partial charge in [0.25, 0.3) is 6.43 Å². The van der Waals surface area contributed by atoms with E-state index >= 15 is 0 Å². The molecule has 8 heteroatoms. The number of halogens is 2. The Bertz CT molecular complexity index is 1100. The minimum Gasteiger partial charge on any atom is -0.487 e. The third-order valence-corrected chi connectivity index (χ3v) is 5.85. The molecule has 1 fully saturated rings. The molecule has 0 aromatic carbocycles. The van der Waals surface area contributed by atoms with Gasteiger partial charge in [-0.3, -0.25) is 9.78 Å². The first-order chi connectivity index (χ1) is 15.0. The molecule has 0 saturated carbocycles. The molecule has 168 valence electrons. The van der Waals surface area contributed by atoms with Crippen molar-refractivity contribution in [1.29, 1.82) is 0 Å². The van der Waals surface area contributed by atoms with Crippen LogP contribution in [0.5, 0.6) is 5.75 Å². The minimum atomic E-state index is -2.75. The molecule has 4 heterocycles. The molecule has 2 aromatic rings. The summed E-state index contributed by atoms with van der Waals surface area (Å²) in [6.45, 7) is 8.94. The Morgan fingerprint density at radius 2 is 1.81 bits per heavy atom. The lowest BCUT2D eigenvalue weighted by Crippen LogP contribution is -2.44. The van der Waals surface area contributed by atoms with E-state index in [9.17, 15) is 13.6 Å². The average molecular weight is 440 g/mol. The van der Waals surface area contributed by atoms with E-state index in [1.54, 1.807) is 24.8 Å². The molecule has 6 nitrogen and oxygen atoms in total. The van der Waals surface area contributed by atoms with Crippen molar-refractivity contribution in [2.24, 2.45) is 5.41 Å². The summed E-state index contributed by atoms with van der Waals surface area (Å²) in [6.07, 6.45) is 4.14. The number of fused-ring (bicyclic) bond motifs is 4. The molecule has 0 unspecified atom stereocenters. The highest BCUT2D eigenvalue weighted by Crippen LogP contribution is 2.46. The number of ether oxygens (including phenoxy) is 1. The number of rotatable bonds is 2. The number of carbonyl (C=O) groups excluding carboxylic acids is 1. The molecule has 2 aliphatic heterocycles. The van der Waals surface area contributed by atoms with Crippen molar-refractivity contribution >= 4 is 5.91 Å². The quantitative estimate of drug-likeness (QED) is 0.663. The lowest BCUT2D eigenvalue weighted by atomic mass is 9.91. The molecule has 0 N–H and O–H groups in total. The molecule has 1 saturated heterocycles. The third kappa shape index (κ3) is 3.92. The Labute approximate surface area is 186 Å². The zero-order valence-electron chi connectivity index (χ0n) is 18.8. The summed E-state index contributed by atoms with van der Waals surface area (Å²) in [5.41, 5.74) is 0.0264. The fourth-order valence-corrected chi connectivity index (χ4v) is 3.87. The molecule has 4 rings (SSSR count). The fourth-order valence-electron chi connectivity index (χ4n) is 3.87. The summed E-state index contributed by atoms with van der Waals surface area (Å²) in [5.74, 6) is 6.82. The third-order valence-electron chi connectivity index (χ3n) is 5.85. The maximum atomic E-state index is 13.5. The number of nitrogens with zero attached hydrogens (tertiary/aromatic N) is 4. The molecule has 1 amide bonds. The Morgan fingerprint density at radius 1 is 1.12 bits per heavy atom. The molecule has 2 aromatic heterocycles. The van der Waals surface area contributed by atoms with Gasteiger partial charge in [-0.2, -0.15) is 0 Å². The number of amides is 1. The van der Waals surface area contributed by atoms with E-state index in [0.717, 1.165) is 5.82 Å². The summed E-state index contributed by atoms with van der Waals surface area (Å²) < 4.78 is 33.0. The zero-order chi connectivity index (χ0) is 23.3. The monoisotopic (exact) mass is 440 g/mol. The Balaban J connectivity index is 1.63. The molecule has 0 radical (unpaired) electrons. The first kappa shape index (κ1) is 22.1. The van der Waals surface area contributed by atoms with Crippen molar-refractivity contribution in [2.45, 2.75) is 65.0 Å². The molecule has 2 bridgehead atoms. The van der Waals surface area contributed by atoms with Crippen LogP contribution in [0.4, 0.5) is 8.78 Å². The number of hydrogen-bond acceptors (Lipinski definition) is 5. The van der Waals surface area contributed by atoms with Crippen LogP contribution in [0.25, 0.3) is 0 Å². The maximum Gasteiger partial charge on any atom is 0.252 e. The summed E-state index contributed by atoms with van der Waals surface area (Å²) in [4.78, 5) is 27.4. The zero-order valence-corrected chi connectivity index (χ0v) is 18.8. The van der Waals surface area contributed by atoms with Gasteiger partial charge >= 0.3 is 0 Å². The number of pyridine rings is 1. The Kier molecular flexibility index (Phi) is 5.40. The molecule has 2 aliphatic rings. The van der Waals surface area contributed by atoms with Crippen LogP contribution in [0, 0.1) is 17.3 Å². The summed E-state index contributed by atoms with van der Waals surface area (Å²) in [6, 6.07) is -0.349. The number of aromatic nitrogens is 3. The van der Waals surface area contributed by atoms with Crippen LogP contribution in [0.1, 0.15) is 69.6 Å². The standard InChI is InChI=1S/C24H26F2N4O2/c1-23(2,3)21-28-9-14(10-29-21)6-7-15-11-27-12-17-18-8-16(32-19(15)17)13-30(18)22(31)24(4,5)20(25)26/h9-12,16,18,20H,8,13H2,1-5H3/t16-,18-/m0/s1. The van der Waals surface area contributed by atoms with Crippen LogP contribution in [-0.2, 0) is 10.2 Å². The van der Waals surface area contributed by atoms with E-state index in [1.165, 1.54) is 18.7 Å². The first-order valence-corrected chi connectivity index (χ1v) is 10.6. The molecule has 32 heavy (non-hydrogen) atoms. The molecule has 0 spiro atoms.